The van der Waals surface area contributed by atoms with E-state index in [2.05, 4.69) is 20.2 Å². The fraction of sp³-hybridized carbons (Fsp3) is 0.593. The van der Waals surface area contributed by atoms with Crippen LogP contribution in [0.5, 0.6) is 5.88 Å². The van der Waals surface area contributed by atoms with Gasteiger partial charge in [-0.3, -0.25) is 9.78 Å². The molecule has 0 spiro atoms. The summed E-state index contributed by atoms with van der Waals surface area (Å²) in [5.41, 5.74) is 1.68. The van der Waals surface area contributed by atoms with Gasteiger partial charge in [0.05, 0.1) is 5.56 Å². The van der Waals surface area contributed by atoms with E-state index in [-0.39, 0.29) is 17.8 Å². The van der Waals surface area contributed by atoms with Gasteiger partial charge in [0, 0.05) is 55.7 Å². The van der Waals surface area contributed by atoms with Crippen LogP contribution in [-0.4, -0.2) is 64.4 Å². The molecule has 0 bridgehead atoms. The maximum absolute atomic E-state index is 15.6. The molecule has 2 aliphatic rings. The molecule has 3 heterocycles. The van der Waals surface area contributed by atoms with Gasteiger partial charge < -0.3 is 15.0 Å². The molecular weight excluding hydrogens is 488 g/mol. The minimum atomic E-state index is -4.45. The summed E-state index contributed by atoms with van der Waals surface area (Å²) >= 11 is 0. The predicted molar refractivity (Wildman–Crippen MR) is 131 cm³/mol. The van der Waals surface area contributed by atoms with Crippen LogP contribution < -0.4 is 10.1 Å². The second-order valence-corrected chi connectivity index (χ2v) is 10.2. The van der Waals surface area contributed by atoms with Crippen molar-refractivity contribution in [2.45, 2.75) is 82.8 Å². The van der Waals surface area contributed by atoms with E-state index in [1.165, 1.54) is 6.07 Å². The molecule has 1 aliphatic heterocycles. The highest BCUT2D eigenvalue weighted by Crippen LogP contribution is 2.35. The van der Waals surface area contributed by atoms with Crippen molar-refractivity contribution in [3.8, 4) is 5.88 Å². The number of ether oxygens (including phenoxy) is 1. The van der Waals surface area contributed by atoms with E-state index >= 15 is 4.39 Å². The zero-order valence-electron chi connectivity index (χ0n) is 21.3. The number of hydrogen-bond acceptors (Lipinski definition) is 5. The quantitative estimate of drug-likeness (QED) is 0.520. The zero-order chi connectivity index (χ0) is 26.6. The van der Waals surface area contributed by atoms with Gasteiger partial charge in [-0.2, -0.15) is 13.2 Å². The van der Waals surface area contributed by atoms with Crippen molar-refractivity contribution in [3.63, 3.8) is 0 Å². The van der Waals surface area contributed by atoms with E-state index in [1.807, 2.05) is 0 Å². The number of amides is 1. The number of halogens is 4. The summed E-state index contributed by atoms with van der Waals surface area (Å²) < 4.78 is 59.0. The summed E-state index contributed by atoms with van der Waals surface area (Å²) in [5, 5.41) is 3.03. The summed E-state index contributed by atoms with van der Waals surface area (Å²) in [6.45, 7) is 4.77. The van der Waals surface area contributed by atoms with Crippen LogP contribution in [-0.2, 0) is 12.8 Å². The van der Waals surface area contributed by atoms with Crippen molar-refractivity contribution in [1.82, 2.24) is 20.2 Å². The van der Waals surface area contributed by atoms with Gasteiger partial charge in [-0.1, -0.05) is 6.07 Å². The summed E-state index contributed by atoms with van der Waals surface area (Å²) in [6, 6.07) is 6.69. The molecule has 1 N–H and O–H groups in total. The Labute approximate surface area is 214 Å². The van der Waals surface area contributed by atoms with E-state index in [1.54, 1.807) is 31.3 Å². The van der Waals surface area contributed by atoms with Crippen LogP contribution in [0.4, 0.5) is 17.6 Å². The largest absolute Gasteiger partial charge is 0.465 e. The number of pyridine rings is 2. The number of carbonyl (C=O) groups excluding carboxylic acids is 1. The van der Waals surface area contributed by atoms with Crippen molar-refractivity contribution < 1.29 is 27.1 Å². The molecule has 6 nitrogen and oxygen atoms in total. The van der Waals surface area contributed by atoms with Crippen LogP contribution >= 0.6 is 0 Å². The van der Waals surface area contributed by atoms with E-state index in [0.717, 1.165) is 24.7 Å². The number of carbonyl (C=O) groups is 1. The van der Waals surface area contributed by atoms with Crippen LogP contribution in [0.15, 0.2) is 30.5 Å². The molecule has 0 aromatic carbocycles. The van der Waals surface area contributed by atoms with Crippen molar-refractivity contribution >= 4 is 5.91 Å². The number of nitrogens with zero attached hydrogens (tertiary/aromatic N) is 3. The fourth-order valence-electron chi connectivity index (χ4n) is 5.02. The lowest BCUT2D eigenvalue weighted by Gasteiger charge is -2.35. The third-order valence-electron chi connectivity index (χ3n) is 7.51. The molecule has 202 valence electrons. The Morgan fingerprint density at radius 3 is 2.65 bits per heavy atom. The highest BCUT2D eigenvalue weighted by Gasteiger charge is 2.39. The topological polar surface area (TPSA) is 67.4 Å². The average molecular weight is 523 g/mol. The monoisotopic (exact) mass is 522 g/mol. The molecule has 2 aromatic rings. The maximum atomic E-state index is 15.6. The standard InChI is InChI=1S/C27H34F4N4O2/c1-18-22(4-3-14-32-18)25(36)33-21-7-11-26(28,12-8-21)13-17-35-15-9-20-5-6-24(34-23(20)10-16-35)37-19(2)27(29,30)31/h3-6,14,19,21H,7-13,15-17H2,1-2H3,(H,33,36)/t19-,21?,26?/m1/s1. The Morgan fingerprint density at radius 1 is 1.22 bits per heavy atom. The Bertz CT molecular complexity index is 1090. The molecule has 0 unspecified atom stereocenters. The van der Waals surface area contributed by atoms with Crippen molar-refractivity contribution in [3.05, 3.63) is 53.0 Å². The molecular formula is C27H34F4N4O2. The number of fused-ring (bicyclic) bond motifs is 1. The molecule has 0 saturated heterocycles. The third kappa shape index (κ3) is 7.18. The molecule has 1 atom stereocenters. The average Bonchev–Trinajstić information content (AvgIpc) is 3.06. The summed E-state index contributed by atoms with van der Waals surface area (Å²) in [7, 11) is 0. The lowest BCUT2D eigenvalue weighted by molar-refractivity contribution is -0.190. The summed E-state index contributed by atoms with van der Waals surface area (Å²) in [6.07, 6.45) is -1.04. The van der Waals surface area contributed by atoms with Gasteiger partial charge in [-0.25, -0.2) is 9.37 Å². The molecule has 1 fully saturated rings. The van der Waals surface area contributed by atoms with Gasteiger partial charge in [0.1, 0.15) is 5.67 Å². The second-order valence-electron chi connectivity index (χ2n) is 10.2. The smallest absolute Gasteiger partial charge is 0.425 e. The molecule has 1 saturated carbocycles. The summed E-state index contributed by atoms with van der Waals surface area (Å²) in [4.78, 5) is 23.2. The van der Waals surface area contributed by atoms with Gasteiger partial charge in [-0.05, 0) is 70.1 Å². The normalized spacial score (nSPS) is 23.6. The minimum absolute atomic E-state index is 0.0257. The number of alkyl halides is 4. The van der Waals surface area contributed by atoms with Crippen LogP contribution in [0.3, 0.4) is 0 Å². The Kier molecular flexibility index (Phi) is 8.36. The first-order valence-electron chi connectivity index (χ1n) is 12.9. The van der Waals surface area contributed by atoms with E-state index in [0.29, 0.717) is 69.3 Å². The number of rotatable bonds is 7. The van der Waals surface area contributed by atoms with Crippen LogP contribution in [0.25, 0.3) is 0 Å². The van der Waals surface area contributed by atoms with Gasteiger partial charge in [-0.15, -0.1) is 0 Å². The third-order valence-corrected chi connectivity index (χ3v) is 7.51. The number of nitrogens with one attached hydrogen (secondary N) is 1. The van der Waals surface area contributed by atoms with Gasteiger partial charge in [0.25, 0.3) is 5.91 Å². The lowest BCUT2D eigenvalue weighted by atomic mass is 9.81. The molecule has 0 radical (unpaired) electrons. The molecule has 4 rings (SSSR count). The van der Waals surface area contributed by atoms with Crippen LogP contribution in [0.2, 0.25) is 0 Å². The van der Waals surface area contributed by atoms with E-state index < -0.39 is 17.9 Å². The van der Waals surface area contributed by atoms with Gasteiger partial charge in [0.15, 0.2) is 6.10 Å². The van der Waals surface area contributed by atoms with Crippen LogP contribution in [0, 0.1) is 6.92 Å². The molecule has 1 amide bonds. The number of hydrogen-bond donors (Lipinski definition) is 1. The SMILES string of the molecule is Cc1ncccc1C(=O)NC1CCC(F)(CCN2CCc3ccc(O[C@H](C)C(F)(F)F)nc3CC2)CC1. The van der Waals surface area contributed by atoms with Crippen LogP contribution in [0.1, 0.15) is 66.3 Å². The van der Waals surface area contributed by atoms with E-state index in [4.69, 9.17) is 4.74 Å². The van der Waals surface area contributed by atoms with Crippen molar-refractivity contribution in [2.75, 3.05) is 19.6 Å². The molecule has 37 heavy (non-hydrogen) atoms. The first-order valence-corrected chi connectivity index (χ1v) is 12.9. The summed E-state index contributed by atoms with van der Waals surface area (Å²) in [5.74, 6) is -0.191. The highest BCUT2D eigenvalue weighted by atomic mass is 19.4. The van der Waals surface area contributed by atoms with Crippen molar-refractivity contribution in [1.29, 1.82) is 0 Å². The molecule has 2 aromatic heterocycles. The van der Waals surface area contributed by atoms with Crippen molar-refractivity contribution in [2.24, 2.45) is 0 Å². The minimum Gasteiger partial charge on any atom is -0.465 e. The van der Waals surface area contributed by atoms with Gasteiger partial charge in [0.2, 0.25) is 5.88 Å². The zero-order valence-corrected chi connectivity index (χ0v) is 21.3. The molecule has 10 heteroatoms. The first-order chi connectivity index (χ1) is 17.5. The number of aromatic nitrogens is 2. The number of aryl methyl sites for hydroxylation is 1. The molecule has 1 aliphatic carbocycles. The van der Waals surface area contributed by atoms with E-state index in [9.17, 15) is 18.0 Å². The Hall–Kier alpha value is -2.75. The Morgan fingerprint density at radius 2 is 1.95 bits per heavy atom. The lowest BCUT2D eigenvalue weighted by Crippen LogP contribution is -2.43. The first kappa shape index (κ1) is 27.3. The second kappa shape index (κ2) is 11.3. The fourth-order valence-corrected chi connectivity index (χ4v) is 5.02. The maximum Gasteiger partial charge on any atom is 0.425 e. The highest BCUT2D eigenvalue weighted by molar-refractivity contribution is 5.95. The predicted octanol–water partition coefficient (Wildman–Crippen LogP) is 4.99. The van der Waals surface area contributed by atoms with Gasteiger partial charge >= 0.3 is 6.18 Å². The Balaban J connectivity index is 1.24.